The van der Waals surface area contributed by atoms with Crippen molar-refractivity contribution < 1.29 is 9.64 Å². The van der Waals surface area contributed by atoms with Crippen molar-refractivity contribution in [2.75, 3.05) is 13.6 Å². The van der Waals surface area contributed by atoms with E-state index in [-0.39, 0.29) is 0 Å². The van der Waals surface area contributed by atoms with Crippen LogP contribution in [0.4, 0.5) is 0 Å². The van der Waals surface area contributed by atoms with Gasteiger partial charge in [0, 0.05) is 6.42 Å². The van der Waals surface area contributed by atoms with Crippen LogP contribution in [0.15, 0.2) is 30.3 Å². The van der Waals surface area contributed by atoms with E-state index in [4.69, 9.17) is 14.7 Å². The molecule has 0 spiro atoms. The fourth-order valence-electron chi connectivity index (χ4n) is 3.58. The summed E-state index contributed by atoms with van der Waals surface area (Å²) < 4.78 is 7.69. The first-order valence-corrected chi connectivity index (χ1v) is 9.66. The number of aromatic nitrogens is 4. The number of fused-ring (bicyclic) bond motifs is 5. The summed E-state index contributed by atoms with van der Waals surface area (Å²) in [6, 6.07) is 9.77. The van der Waals surface area contributed by atoms with Crippen molar-refractivity contribution in [3.05, 3.63) is 52.4 Å². The summed E-state index contributed by atoms with van der Waals surface area (Å²) in [5.74, 6) is 2.38. The number of thiophene rings is 1. The van der Waals surface area contributed by atoms with Crippen LogP contribution in [0, 0.1) is 6.92 Å². The first kappa shape index (κ1) is 15.7. The van der Waals surface area contributed by atoms with Gasteiger partial charge in [-0.2, -0.15) is 4.52 Å². The minimum atomic E-state index is 0.353. The van der Waals surface area contributed by atoms with E-state index in [1.807, 2.05) is 53.1 Å². The molecule has 1 unspecified atom stereocenters. The number of hydrogen-bond donors (Lipinski definition) is 1. The first-order chi connectivity index (χ1) is 12.7. The van der Waals surface area contributed by atoms with E-state index in [1.165, 1.54) is 15.8 Å². The fourth-order valence-corrected chi connectivity index (χ4v) is 4.95. The Bertz CT molecular complexity index is 1100. The number of aryl methyl sites for hydroxylation is 1. The van der Waals surface area contributed by atoms with Crippen LogP contribution in [0.1, 0.15) is 22.1 Å². The molecule has 6 nitrogen and oxygen atoms in total. The number of likely N-dealkylation sites (N-methyl/N-ethyl adjacent to an activating group) is 1. The molecular formula is C19H20N5OS+. The number of ether oxygens (including phenoxy) is 1. The SMILES string of the molecule is Cc1nc2sc3c(c2c2nc(COc4ccccc4)nn12)CC[NH+](C)C3. The number of nitrogens with one attached hydrogen (secondary N) is 1. The molecule has 1 aliphatic heterocycles. The largest absolute Gasteiger partial charge is 0.486 e. The van der Waals surface area contributed by atoms with Crippen molar-refractivity contribution in [1.29, 1.82) is 0 Å². The van der Waals surface area contributed by atoms with Gasteiger partial charge in [-0.15, -0.1) is 16.4 Å². The topological polar surface area (TPSA) is 56.8 Å². The van der Waals surface area contributed by atoms with Gasteiger partial charge in [-0.25, -0.2) is 9.97 Å². The lowest BCUT2D eigenvalue weighted by Crippen LogP contribution is -3.08. The molecule has 4 aromatic rings. The second kappa shape index (κ2) is 6.03. The zero-order valence-corrected chi connectivity index (χ0v) is 15.6. The second-order valence-electron chi connectivity index (χ2n) is 6.84. The van der Waals surface area contributed by atoms with Gasteiger partial charge in [0.15, 0.2) is 11.5 Å². The molecule has 0 fully saturated rings. The number of quaternary nitrogens is 1. The molecule has 0 aliphatic carbocycles. The number of benzene rings is 1. The molecule has 7 heteroatoms. The normalized spacial score (nSPS) is 16.9. The van der Waals surface area contributed by atoms with Crippen LogP contribution in [-0.4, -0.2) is 33.2 Å². The van der Waals surface area contributed by atoms with E-state index in [1.54, 1.807) is 4.90 Å². The predicted octanol–water partition coefficient (Wildman–Crippen LogP) is 1.80. The van der Waals surface area contributed by atoms with Gasteiger partial charge in [-0.3, -0.25) is 0 Å². The van der Waals surface area contributed by atoms with Crippen LogP contribution in [0.3, 0.4) is 0 Å². The number of nitrogens with zero attached hydrogens (tertiary/aromatic N) is 4. The highest BCUT2D eigenvalue weighted by Crippen LogP contribution is 2.34. The first-order valence-electron chi connectivity index (χ1n) is 8.84. The van der Waals surface area contributed by atoms with E-state index in [0.717, 1.165) is 41.6 Å². The van der Waals surface area contributed by atoms with Crippen molar-refractivity contribution >= 4 is 27.2 Å². The zero-order valence-electron chi connectivity index (χ0n) is 14.8. The van der Waals surface area contributed by atoms with E-state index >= 15 is 0 Å². The summed E-state index contributed by atoms with van der Waals surface area (Å²) in [6.45, 7) is 4.56. The highest BCUT2D eigenvalue weighted by molar-refractivity contribution is 7.19. The molecule has 1 aromatic carbocycles. The third-order valence-corrected chi connectivity index (χ3v) is 6.02. The van der Waals surface area contributed by atoms with Crippen molar-refractivity contribution in [1.82, 2.24) is 19.6 Å². The molecule has 26 heavy (non-hydrogen) atoms. The van der Waals surface area contributed by atoms with Gasteiger partial charge in [-0.1, -0.05) is 18.2 Å². The van der Waals surface area contributed by atoms with Crippen LogP contribution in [-0.2, 0) is 19.6 Å². The van der Waals surface area contributed by atoms with Crippen LogP contribution in [0.2, 0.25) is 0 Å². The molecule has 132 valence electrons. The lowest BCUT2D eigenvalue weighted by molar-refractivity contribution is -0.895. The second-order valence-corrected chi connectivity index (χ2v) is 7.93. The number of para-hydroxylation sites is 1. The van der Waals surface area contributed by atoms with Gasteiger partial charge in [-0.05, 0) is 24.6 Å². The molecule has 1 N–H and O–H groups in total. The highest BCUT2D eigenvalue weighted by atomic mass is 32.1. The van der Waals surface area contributed by atoms with Gasteiger partial charge in [0.1, 0.15) is 29.6 Å². The maximum Gasteiger partial charge on any atom is 0.189 e. The van der Waals surface area contributed by atoms with E-state index < -0.39 is 0 Å². The van der Waals surface area contributed by atoms with E-state index in [9.17, 15) is 0 Å². The standard InChI is InChI=1S/C19H19N5OS/c1-12-20-19-17(14-8-9-23(2)10-15(14)26-19)18-21-16(22-24(12)18)11-25-13-6-4-3-5-7-13/h3-7H,8-11H2,1-2H3/p+1. The lowest BCUT2D eigenvalue weighted by atomic mass is 10.1. The fraction of sp³-hybridized carbons (Fsp3) is 0.316. The van der Waals surface area contributed by atoms with Crippen molar-refractivity contribution in [3.63, 3.8) is 0 Å². The van der Waals surface area contributed by atoms with Gasteiger partial charge >= 0.3 is 0 Å². The maximum atomic E-state index is 5.82. The molecule has 0 radical (unpaired) electrons. The summed E-state index contributed by atoms with van der Waals surface area (Å²) in [5.41, 5.74) is 2.33. The van der Waals surface area contributed by atoms with Crippen LogP contribution < -0.4 is 9.64 Å². The molecule has 3 aromatic heterocycles. The Morgan fingerprint density at radius 1 is 1.23 bits per heavy atom. The quantitative estimate of drug-likeness (QED) is 0.601. The molecule has 0 saturated carbocycles. The molecule has 5 rings (SSSR count). The summed E-state index contributed by atoms with van der Waals surface area (Å²) in [4.78, 5) is 13.7. The highest BCUT2D eigenvalue weighted by Gasteiger charge is 2.25. The molecule has 0 amide bonds. The molecule has 4 heterocycles. The van der Waals surface area contributed by atoms with E-state index in [2.05, 4.69) is 12.1 Å². The lowest BCUT2D eigenvalue weighted by Gasteiger charge is -2.19. The number of rotatable bonds is 3. The molecule has 0 saturated heterocycles. The summed E-state index contributed by atoms with van der Waals surface area (Å²) in [5, 5.41) is 5.82. The molecule has 1 atom stereocenters. The minimum Gasteiger partial charge on any atom is -0.486 e. The van der Waals surface area contributed by atoms with Gasteiger partial charge in [0.05, 0.1) is 23.9 Å². The van der Waals surface area contributed by atoms with Crippen LogP contribution >= 0.6 is 11.3 Å². The van der Waals surface area contributed by atoms with Gasteiger partial charge in [0.25, 0.3) is 0 Å². The molecule has 0 bridgehead atoms. The third-order valence-electron chi connectivity index (χ3n) is 4.89. The monoisotopic (exact) mass is 366 g/mol. The minimum absolute atomic E-state index is 0.353. The van der Waals surface area contributed by atoms with Crippen molar-refractivity contribution in [2.45, 2.75) is 26.5 Å². The van der Waals surface area contributed by atoms with Gasteiger partial charge in [0.2, 0.25) is 0 Å². The average molecular weight is 366 g/mol. The van der Waals surface area contributed by atoms with Gasteiger partial charge < -0.3 is 9.64 Å². The van der Waals surface area contributed by atoms with Crippen LogP contribution in [0.25, 0.3) is 15.9 Å². The Hall–Kier alpha value is -2.51. The summed E-state index contributed by atoms with van der Waals surface area (Å²) in [6.07, 6.45) is 1.07. The predicted molar refractivity (Wildman–Crippen MR) is 101 cm³/mol. The number of hydrogen-bond acceptors (Lipinski definition) is 5. The smallest absolute Gasteiger partial charge is 0.189 e. The molecule has 1 aliphatic rings. The maximum absolute atomic E-state index is 5.82. The zero-order chi connectivity index (χ0) is 17.7. The molecular weight excluding hydrogens is 346 g/mol. The van der Waals surface area contributed by atoms with Crippen molar-refractivity contribution in [3.8, 4) is 5.75 Å². The van der Waals surface area contributed by atoms with E-state index in [0.29, 0.717) is 12.4 Å². The average Bonchev–Trinajstić information content (AvgIpc) is 3.21. The van der Waals surface area contributed by atoms with Crippen molar-refractivity contribution in [2.24, 2.45) is 0 Å². The Labute approximate surface area is 155 Å². The van der Waals surface area contributed by atoms with Crippen LogP contribution in [0.5, 0.6) is 5.75 Å². The Balaban J connectivity index is 1.58. The summed E-state index contributed by atoms with van der Waals surface area (Å²) in [7, 11) is 2.25. The Kier molecular flexibility index (Phi) is 3.65. The Morgan fingerprint density at radius 3 is 2.92 bits per heavy atom. The summed E-state index contributed by atoms with van der Waals surface area (Å²) >= 11 is 1.81. The third kappa shape index (κ3) is 2.55. The Morgan fingerprint density at radius 2 is 2.08 bits per heavy atom.